The number of ether oxygens (including phenoxy) is 2. The topological polar surface area (TPSA) is 81.5 Å². The minimum atomic E-state index is -0.150. The summed E-state index contributed by atoms with van der Waals surface area (Å²) in [4.78, 5) is 27.7. The highest BCUT2D eigenvalue weighted by atomic mass is 16.5. The van der Waals surface area contributed by atoms with Gasteiger partial charge in [-0.05, 0) is 31.7 Å². The molecule has 1 aromatic carbocycles. The van der Waals surface area contributed by atoms with Crippen LogP contribution in [0.3, 0.4) is 0 Å². The first kappa shape index (κ1) is 20.9. The summed E-state index contributed by atoms with van der Waals surface area (Å²) < 4.78 is 13.5. The summed E-state index contributed by atoms with van der Waals surface area (Å²) in [6, 6.07) is 9.06. The first-order valence-electron chi connectivity index (χ1n) is 9.58. The van der Waals surface area contributed by atoms with Crippen LogP contribution in [0.4, 0.5) is 0 Å². The molecule has 0 saturated heterocycles. The Balaban J connectivity index is 1.91. The number of likely N-dealkylation sites (N-methyl/N-ethyl adjacent to an activating group) is 1. The summed E-state index contributed by atoms with van der Waals surface area (Å²) in [6.07, 6.45) is 0. The molecule has 2 aromatic heterocycles. The molecular formula is C21H28N4O4. The highest BCUT2D eigenvalue weighted by molar-refractivity contribution is 5.80. The van der Waals surface area contributed by atoms with Crippen LogP contribution in [0.25, 0.3) is 10.9 Å². The minimum absolute atomic E-state index is 0.114. The van der Waals surface area contributed by atoms with Gasteiger partial charge in [0.2, 0.25) is 0 Å². The first-order valence-corrected chi connectivity index (χ1v) is 9.58. The fraction of sp³-hybridized carbons (Fsp3) is 0.429. The number of pyridine rings is 1. The number of nitrogens with zero attached hydrogens (tertiary/aromatic N) is 3. The second kappa shape index (κ2) is 9.11. The molecule has 0 aliphatic heterocycles. The smallest absolute Gasteiger partial charge is 0.276 e. The Morgan fingerprint density at radius 2 is 1.93 bits per heavy atom. The molecule has 8 nitrogen and oxygen atoms in total. The molecule has 1 N–H and O–H groups in total. The van der Waals surface area contributed by atoms with Gasteiger partial charge in [0.05, 0.1) is 37.7 Å². The Labute approximate surface area is 169 Å². The van der Waals surface area contributed by atoms with Gasteiger partial charge in [-0.15, -0.1) is 0 Å². The summed E-state index contributed by atoms with van der Waals surface area (Å²) in [6.45, 7) is 4.83. The lowest BCUT2D eigenvalue weighted by atomic mass is 10.2. The van der Waals surface area contributed by atoms with Crippen LogP contribution in [0.2, 0.25) is 0 Å². The molecule has 3 aromatic rings. The number of methoxy groups -OCH3 is 2. The van der Waals surface area contributed by atoms with Crippen molar-refractivity contribution in [3.63, 3.8) is 0 Å². The molecule has 0 spiro atoms. The Morgan fingerprint density at radius 1 is 1.14 bits per heavy atom. The van der Waals surface area contributed by atoms with E-state index in [-0.39, 0.29) is 11.1 Å². The van der Waals surface area contributed by atoms with Crippen LogP contribution in [0.15, 0.2) is 39.9 Å². The molecule has 0 bridgehead atoms. The molecule has 0 radical (unpaired) electrons. The van der Waals surface area contributed by atoms with Gasteiger partial charge in [0.1, 0.15) is 5.75 Å². The van der Waals surface area contributed by atoms with Crippen molar-refractivity contribution in [1.82, 2.24) is 19.2 Å². The van der Waals surface area contributed by atoms with Crippen molar-refractivity contribution < 1.29 is 9.47 Å². The predicted molar refractivity (Wildman–Crippen MR) is 113 cm³/mol. The minimum Gasteiger partial charge on any atom is -0.497 e. The van der Waals surface area contributed by atoms with E-state index in [0.29, 0.717) is 42.8 Å². The molecule has 29 heavy (non-hydrogen) atoms. The lowest BCUT2D eigenvalue weighted by molar-refractivity contribution is 0.158. The third-order valence-corrected chi connectivity index (χ3v) is 5.14. The van der Waals surface area contributed by atoms with Crippen molar-refractivity contribution in [1.29, 1.82) is 0 Å². The van der Waals surface area contributed by atoms with Crippen LogP contribution >= 0.6 is 0 Å². The Hall–Kier alpha value is -2.84. The van der Waals surface area contributed by atoms with E-state index in [1.807, 2.05) is 38.2 Å². The highest BCUT2D eigenvalue weighted by Gasteiger charge is 2.15. The standard InChI is InChI=1S/C21H28N4O4/c1-15-20-18(22-25(21(20)27)9-8-23(2)10-11-28-3)13-19(26)24(15)14-16-6-5-7-17(12-16)29-4/h5-7,12-13,22H,8-11,14H2,1-4H3. The maximum absolute atomic E-state index is 12.9. The van der Waals surface area contributed by atoms with E-state index in [2.05, 4.69) is 10.00 Å². The van der Waals surface area contributed by atoms with E-state index in [9.17, 15) is 9.59 Å². The quantitative estimate of drug-likeness (QED) is 0.588. The number of hydrogen-bond acceptors (Lipinski definition) is 5. The number of aryl methyl sites for hydroxylation is 1. The van der Waals surface area contributed by atoms with E-state index in [1.165, 1.54) is 6.07 Å². The average Bonchev–Trinajstić information content (AvgIpc) is 3.03. The number of aromatic nitrogens is 3. The lowest BCUT2D eigenvalue weighted by Gasteiger charge is -2.15. The number of rotatable bonds is 9. The normalized spacial score (nSPS) is 11.5. The van der Waals surface area contributed by atoms with Gasteiger partial charge in [-0.1, -0.05) is 12.1 Å². The van der Waals surface area contributed by atoms with Gasteiger partial charge in [0.15, 0.2) is 0 Å². The van der Waals surface area contributed by atoms with Gasteiger partial charge in [0, 0.05) is 32.0 Å². The summed E-state index contributed by atoms with van der Waals surface area (Å²) in [5, 5.41) is 3.63. The van der Waals surface area contributed by atoms with Gasteiger partial charge in [-0.2, -0.15) is 0 Å². The van der Waals surface area contributed by atoms with Crippen molar-refractivity contribution >= 4 is 10.9 Å². The van der Waals surface area contributed by atoms with Crippen LogP contribution in [-0.2, 0) is 17.8 Å². The van der Waals surface area contributed by atoms with E-state index in [0.717, 1.165) is 17.9 Å². The van der Waals surface area contributed by atoms with Gasteiger partial charge in [0.25, 0.3) is 11.1 Å². The van der Waals surface area contributed by atoms with Gasteiger partial charge < -0.3 is 18.9 Å². The lowest BCUT2D eigenvalue weighted by Crippen LogP contribution is -2.30. The maximum Gasteiger partial charge on any atom is 0.276 e. The summed E-state index contributed by atoms with van der Waals surface area (Å²) >= 11 is 0. The third-order valence-electron chi connectivity index (χ3n) is 5.14. The molecule has 2 heterocycles. The molecule has 0 saturated carbocycles. The maximum atomic E-state index is 12.9. The second-order valence-electron chi connectivity index (χ2n) is 7.16. The molecule has 0 aliphatic carbocycles. The molecule has 0 amide bonds. The SMILES string of the molecule is COCCN(C)CCn1[nH]c2cc(=O)n(Cc3cccc(OC)c3)c(C)c2c1=O. The molecule has 3 rings (SSSR count). The van der Waals surface area contributed by atoms with Crippen LogP contribution in [0, 0.1) is 6.92 Å². The third kappa shape index (κ3) is 4.60. The molecule has 0 atom stereocenters. The Bertz CT molecular complexity index is 1100. The number of H-pyrrole nitrogens is 1. The number of nitrogens with one attached hydrogen (secondary N) is 1. The summed E-state index contributed by atoms with van der Waals surface area (Å²) in [5.41, 5.74) is 1.90. The van der Waals surface area contributed by atoms with Gasteiger partial charge in [-0.25, -0.2) is 0 Å². The van der Waals surface area contributed by atoms with Crippen LogP contribution in [0.1, 0.15) is 11.3 Å². The molecule has 0 fully saturated rings. The van der Waals surface area contributed by atoms with E-state index in [4.69, 9.17) is 9.47 Å². The Morgan fingerprint density at radius 3 is 2.66 bits per heavy atom. The van der Waals surface area contributed by atoms with Crippen LogP contribution in [-0.4, -0.2) is 60.2 Å². The molecule has 8 heteroatoms. The fourth-order valence-corrected chi connectivity index (χ4v) is 3.39. The monoisotopic (exact) mass is 400 g/mol. The van der Waals surface area contributed by atoms with Crippen LogP contribution < -0.4 is 15.9 Å². The van der Waals surface area contributed by atoms with Crippen molar-refractivity contribution in [3.05, 3.63) is 62.3 Å². The molecule has 0 aliphatic rings. The zero-order chi connectivity index (χ0) is 21.0. The highest BCUT2D eigenvalue weighted by Crippen LogP contribution is 2.16. The van der Waals surface area contributed by atoms with Crippen LogP contribution in [0.5, 0.6) is 5.75 Å². The first-order chi connectivity index (χ1) is 13.9. The largest absolute Gasteiger partial charge is 0.497 e. The van der Waals surface area contributed by atoms with Gasteiger partial charge >= 0.3 is 0 Å². The van der Waals surface area contributed by atoms with Crippen molar-refractivity contribution in [2.75, 3.05) is 41.0 Å². The number of benzene rings is 1. The van der Waals surface area contributed by atoms with Gasteiger partial charge in [-0.3, -0.25) is 19.4 Å². The summed E-state index contributed by atoms with van der Waals surface area (Å²) in [7, 11) is 5.26. The Kier molecular flexibility index (Phi) is 6.56. The van der Waals surface area contributed by atoms with Crippen molar-refractivity contribution in [3.8, 4) is 5.75 Å². The number of hydrogen-bond donors (Lipinski definition) is 1. The van der Waals surface area contributed by atoms with E-state index >= 15 is 0 Å². The molecule has 156 valence electrons. The fourth-order valence-electron chi connectivity index (χ4n) is 3.39. The average molecular weight is 400 g/mol. The van der Waals surface area contributed by atoms with E-state index < -0.39 is 0 Å². The molecule has 0 unspecified atom stereocenters. The zero-order valence-corrected chi connectivity index (χ0v) is 17.4. The zero-order valence-electron chi connectivity index (χ0n) is 17.4. The second-order valence-corrected chi connectivity index (χ2v) is 7.16. The predicted octanol–water partition coefficient (Wildman–Crippen LogP) is 1.43. The van der Waals surface area contributed by atoms with Crippen molar-refractivity contribution in [2.45, 2.75) is 20.0 Å². The number of fused-ring (bicyclic) bond motifs is 1. The van der Waals surface area contributed by atoms with Crippen molar-refractivity contribution in [2.24, 2.45) is 0 Å². The molecular weight excluding hydrogens is 372 g/mol. The van der Waals surface area contributed by atoms with E-state index in [1.54, 1.807) is 23.5 Å². The summed E-state index contributed by atoms with van der Waals surface area (Å²) in [5.74, 6) is 0.732. The number of aromatic amines is 1.